The number of fused-ring (bicyclic) bond motifs is 1. The van der Waals surface area contributed by atoms with Crippen LogP contribution in [0.5, 0.6) is 23.0 Å². The van der Waals surface area contributed by atoms with Gasteiger partial charge in [-0.25, -0.2) is 0 Å². The van der Waals surface area contributed by atoms with Crippen LogP contribution in [0, 0.1) is 5.92 Å². The summed E-state index contributed by atoms with van der Waals surface area (Å²) in [7, 11) is 3.57. The first kappa shape index (κ1) is 20.3. The SMILES string of the molecule is CCCOc1cc(OC)ccc1C1C(C(=O)O)C(c2ccc3c(c2)OCO3)CN1C. The second kappa shape index (κ2) is 8.44. The summed E-state index contributed by atoms with van der Waals surface area (Å²) < 4.78 is 22.2. The molecule has 4 rings (SSSR count). The van der Waals surface area contributed by atoms with Gasteiger partial charge in [-0.15, -0.1) is 0 Å². The molecule has 1 saturated heterocycles. The zero-order valence-electron chi connectivity index (χ0n) is 17.5. The Hall–Kier alpha value is -2.93. The lowest BCUT2D eigenvalue weighted by Crippen LogP contribution is -2.27. The third-order valence-corrected chi connectivity index (χ3v) is 5.84. The molecule has 1 N–H and O–H groups in total. The number of carbonyl (C=O) groups is 1. The summed E-state index contributed by atoms with van der Waals surface area (Å²) in [6, 6.07) is 11.0. The summed E-state index contributed by atoms with van der Waals surface area (Å²) in [5.41, 5.74) is 1.80. The highest BCUT2D eigenvalue weighted by Crippen LogP contribution is 2.49. The minimum absolute atomic E-state index is 0.187. The minimum atomic E-state index is -0.829. The monoisotopic (exact) mass is 413 g/mol. The van der Waals surface area contributed by atoms with E-state index in [1.807, 2.05) is 50.4 Å². The van der Waals surface area contributed by atoms with Crippen molar-refractivity contribution in [3.05, 3.63) is 47.5 Å². The lowest BCUT2D eigenvalue weighted by Gasteiger charge is -2.26. The fourth-order valence-electron chi connectivity index (χ4n) is 4.45. The zero-order chi connectivity index (χ0) is 21.3. The van der Waals surface area contributed by atoms with Crippen molar-refractivity contribution in [3.8, 4) is 23.0 Å². The van der Waals surface area contributed by atoms with E-state index < -0.39 is 11.9 Å². The lowest BCUT2D eigenvalue weighted by molar-refractivity contribution is -0.143. The number of carboxylic acid groups (broad SMARTS) is 1. The number of benzene rings is 2. The molecule has 160 valence electrons. The van der Waals surface area contributed by atoms with Crippen LogP contribution in [0.2, 0.25) is 0 Å². The van der Waals surface area contributed by atoms with Crippen LogP contribution in [0.4, 0.5) is 0 Å². The molecule has 2 aliphatic heterocycles. The number of hydrogen-bond donors (Lipinski definition) is 1. The average Bonchev–Trinajstić information content (AvgIpc) is 3.35. The third kappa shape index (κ3) is 3.65. The number of aliphatic carboxylic acids is 1. The molecule has 0 amide bonds. The Kier molecular flexibility index (Phi) is 5.72. The molecule has 1 fully saturated rings. The number of carboxylic acids is 1. The Bertz CT molecular complexity index is 930. The van der Waals surface area contributed by atoms with Gasteiger partial charge in [0.1, 0.15) is 11.5 Å². The van der Waals surface area contributed by atoms with Crippen molar-refractivity contribution in [3.63, 3.8) is 0 Å². The van der Waals surface area contributed by atoms with Crippen molar-refractivity contribution in [2.24, 2.45) is 5.92 Å². The Morgan fingerprint density at radius 3 is 2.73 bits per heavy atom. The number of rotatable bonds is 7. The molecular formula is C23H27NO6. The van der Waals surface area contributed by atoms with Crippen LogP contribution in [-0.4, -0.2) is 50.1 Å². The van der Waals surface area contributed by atoms with E-state index in [1.54, 1.807) is 7.11 Å². The van der Waals surface area contributed by atoms with Crippen molar-refractivity contribution < 1.29 is 28.8 Å². The molecule has 2 aliphatic rings. The van der Waals surface area contributed by atoms with Crippen LogP contribution in [0.15, 0.2) is 36.4 Å². The second-order valence-corrected chi connectivity index (χ2v) is 7.72. The van der Waals surface area contributed by atoms with Gasteiger partial charge in [0.25, 0.3) is 0 Å². The number of ether oxygens (including phenoxy) is 4. The molecule has 2 heterocycles. The van der Waals surface area contributed by atoms with Gasteiger partial charge in [0.05, 0.1) is 25.7 Å². The minimum Gasteiger partial charge on any atom is -0.497 e. The van der Waals surface area contributed by atoms with Crippen LogP contribution in [-0.2, 0) is 4.79 Å². The molecule has 7 nitrogen and oxygen atoms in total. The molecular weight excluding hydrogens is 386 g/mol. The maximum absolute atomic E-state index is 12.4. The Morgan fingerprint density at radius 1 is 1.20 bits per heavy atom. The van der Waals surface area contributed by atoms with Gasteiger partial charge in [0.2, 0.25) is 6.79 Å². The molecule has 30 heavy (non-hydrogen) atoms. The number of likely N-dealkylation sites (tertiary alicyclic amines) is 1. The fourth-order valence-corrected chi connectivity index (χ4v) is 4.45. The topological polar surface area (TPSA) is 77.5 Å². The smallest absolute Gasteiger partial charge is 0.309 e. The molecule has 3 unspecified atom stereocenters. The second-order valence-electron chi connectivity index (χ2n) is 7.72. The Morgan fingerprint density at radius 2 is 2.00 bits per heavy atom. The predicted molar refractivity (Wildman–Crippen MR) is 111 cm³/mol. The maximum atomic E-state index is 12.4. The Labute approximate surface area is 176 Å². The molecule has 2 aromatic rings. The fraction of sp³-hybridized carbons (Fsp3) is 0.435. The van der Waals surface area contributed by atoms with Gasteiger partial charge in [-0.1, -0.05) is 19.1 Å². The largest absolute Gasteiger partial charge is 0.497 e. The summed E-state index contributed by atoms with van der Waals surface area (Å²) in [4.78, 5) is 14.5. The molecule has 0 bridgehead atoms. The summed E-state index contributed by atoms with van der Waals surface area (Å²) in [6.07, 6.45) is 0.860. The number of likely N-dealkylation sites (N-methyl/N-ethyl adjacent to an activating group) is 1. The summed E-state index contributed by atoms with van der Waals surface area (Å²) in [5.74, 6) is 1.07. The first-order valence-corrected chi connectivity index (χ1v) is 10.2. The van der Waals surface area contributed by atoms with Gasteiger partial charge < -0.3 is 24.1 Å². The van der Waals surface area contributed by atoms with Crippen LogP contribution < -0.4 is 18.9 Å². The summed E-state index contributed by atoms with van der Waals surface area (Å²) in [5, 5.41) is 10.2. The van der Waals surface area contributed by atoms with Gasteiger partial charge in [0.15, 0.2) is 11.5 Å². The van der Waals surface area contributed by atoms with Crippen LogP contribution in [0.3, 0.4) is 0 Å². The molecule has 0 aliphatic carbocycles. The number of hydrogen-bond acceptors (Lipinski definition) is 6. The lowest BCUT2D eigenvalue weighted by atomic mass is 9.82. The van der Waals surface area contributed by atoms with E-state index in [2.05, 4.69) is 4.90 Å². The van der Waals surface area contributed by atoms with E-state index >= 15 is 0 Å². The highest BCUT2D eigenvalue weighted by molar-refractivity contribution is 5.74. The van der Waals surface area contributed by atoms with Crippen LogP contribution >= 0.6 is 0 Å². The van der Waals surface area contributed by atoms with Crippen molar-refractivity contribution in [1.82, 2.24) is 4.90 Å². The third-order valence-electron chi connectivity index (χ3n) is 5.84. The van der Waals surface area contributed by atoms with E-state index in [1.165, 1.54) is 0 Å². The molecule has 0 spiro atoms. The van der Waals surface area contributed by atoms with Crippen molar-refractivity contribution in [2.75, 3.05) is 34.1 Å². The predicted octanol–water partition coefficient (Wildman–Crippen LogP) is 3.68. The molecule has 0 radical (unpaired) electrons. The molecule has 0 saturated carbocycles. The van der Waals surface area contributed by atoms with Crippen molar-refractivity contribution in [1.29, 1.82) is 0 Å². The first-order valence-electron chi connectivity index (χ1n) is 10.2. The van der Waals surface area contributed by atoms with Gasteiger partial charge in [0, 0.05) is 24.1 Å². The summed E-state index contributed by atoms with van der Waals surface area (Å²) >= 11 is 0. The van der Waals surface area contributed by atoms with E-state index in [9.17, 15) is 9.90 Å². The molecule has 7 heteroatoms. The van der Waals surface area contributed by atoms with E-state index in [0.29, 0.717) is 36.1 Å². The van der Waals surface area contributed by atoms with Gasteiger partial charge in [-0.05, 0) is 37.2 Å². The maximum Gasteiger partial charge on any atom is 0.309 e. The molecule has 2 aromatic carbocycles. The first-order chi connectivity index (χ1) is 14.5. The van der Waals surface area contributed by atoms with E-state index in [0.717, 1.165) is 17.5 Å². The van der Waals surface area contributed by atoms with Gasteiger partial charge in [-0.2, -0.15) is 0 Å². The number of methoxy groups -OCH3 is 1. The molecule has 0 aromatic heterocycles. The highest BCUT2D eigenvalue weighted by atomic mass is 16.7. The Balaban J connectivity index is 1.72. The highest BCUT2D eigenvalue weighted by Gasteiger charge is 2.47. The normalized spacial score (nSPS) is 22.8. The quantitative estimate of drug-likeness (QED) is 0.742. The molecule has 3 atom stereocenters. The zero-order valence-corrected chi connectivity index (χ0v) is 17.5. The van der Waals surface area contributed by atoms with Crippen molar-refractivity contribution >= 4 is 5.97 Å². The van der Waals surface area contributed by atoms with Gasteiger partial charge >= 0.3 is 5.97 Å². The van der Waals surface area contributed by atoms with Crippen molar-refractivity contribution in [2.45, 2.75) is 25.3 Å². The van der Waals surface area contributed by atoms with Crippen LogP contribution in [0.1, 0.15) is 36.4 Å². The summed E-state index contributed by atoms with van der Waals surface area (Å²) in [6.45, 7) is 3.40. The van der Waals surface area contributed by atoms with Gasteiger partial charge in [-0.3, -0.25) is 9.69 Å². The van der Waals surface area contributed by atoms with E-state index in [4.69, 9.17) is 18.9 Å². The van der Waals surface area contributed by atoms with E-state index in [-0.39, 0.29) is 18.8 Å². The standard InChI is InChI=1S/C23H27NO6/c1-4-9-28-19-11-15(27-3)6-7-16(19)22-21(23(25)26)17(12-24(22)2)14-5-8-18-20(10-14)30-13-29-18/h5-8,10-11,17,21-22H,4,9,12-13H2,1-3H3,(H,25,26). The van der Waals surface area contributed by atoms with Crippen LogP contribution in [0.25, 0.3) is 0 Å². The number of nitrogens with zero attached hydrogens (tertiary/aromatic N) is 1. The average molecular weight is 413 g/mol.